The van der Waals surface area contributed by atoms with Gasteiger partial charge in [-0.05, 0) is 24.7 Å². The van der Waals surface area contributed by atoms with Crippen LogP contribution in [0.4, 0.5) is 0 Å². The average Bonchev–Trinajstić information content (AvgIpc) is 2.56. The number of guanidine groups is 1. The zero-order valence-corrected chi connectivity index (χ0v) is 10.1. The predicted molar refractivity (Wildman–Crippen MR) is 64.1 cm³/mol. The molecule has 0 amide bonds. The van der Waals surface area contributed by atoms with E-state index in [1.165, 1.54) is 32.1 Å². The Labute approximate surface area is 92.9 Å². The minimum absolute atomic E-state index is 0.598. The summed E-state index contributed by atoms with van der Waals surface area (Å²) in [7, 11) is 2.12. The molecule has 0 unspecified atom stereocenters. The van der Waals surface area contributed by atoms with Crippen LogP contribution in [0.5, 0.6) is 0 Å². The third-order valence-corrected chi connectivity index (χ3v) is 3.87. The predicted octanol–water partition coefficient (Wildman–Crippen LogP) is 1.85. The van der Waals surface area contributed by atoms with Gasteiger partial charge in [0.2, 0.25) is 0 Å². The summed E-state index contributed by atoms with van der Waals surface area (Å²) in [5.41, 5.74) is 0.598. The van der Waals surface area contributed by atoms with Gasteiger partial charge in [-0.2, -0.15) is 0 Å². The first-order valence-electron chi connectivity index (χ1n) is 6.25. The van der Waals surface area contributed by atoms with Crippen LogP contribution in [0, 0.1) is 5.41 Å². The van der Waals surface area contributed by atoms with Crippen LogP contribution in [-0.2, 0) is 0 Å². The highest BCUT2D eigenvalue weighted by atomic mass is 15.3. The smallest absolute Gasteiger partial charge is 0.193 e. The molecule has 0 bridgehead atoms. The Morgan fingerprint density at radius 1 is 1.47 bits per heavy atom. The minimum Gasteiger partial charge on any atom is -0.356 e. The van der Waals surface area contributed by atoms with E-state index in [-0.39, 0.29) is 0 Å². The Kier molecular flexibility index (Phi) is 3.17. The fourth-order valence-electron chi connectivity index (χ4n) is 2.71. The summed E-state index contributed by atoms with van der Waals surface area (Å²) in [5, 5.41) is 3.53. The van der Waals surface area contributed by atoms with Gasteiger partial charge in [-0.3, -0.25) is 4.99 Å². The Morgan fingerprint density at radius 3 is 2.73 bits per heavy atom. The molecular weight excluding hydrogens is 186 g/mol. The topological polar surface area (TPSA) is 27.6 Å². The molecule has 0 aromatic rings. The molecule has 0 aromatic carbocycles. The van der Waals surface area contributed by atoms with Gasteiger partial charge in [0, 0.05) is 20.1 Å². The number of hydrogen-bond donors (Lipinski definition) is 1. The summed E-state index contributed by atoms with van der Waals surface area (Å²) >= 11 is 0. The second kappa shape index (κ2) is 4.42. The molecule has 1 fully saturated rings. The molecule has 86 valence electrons. The standard InChI is InChI=1S/C12H23N3/c1-3-5-12(6-4-7-12)10-14-11-13-8-9-15(11)2/h3-10H2,1-2H3,(H,13,14). The van der Waals surface area contributed by atoms with Crippen molar-refractivity contribution >= 4 is 5.96 Å². The first kappa shape index (κ1) is 10.8. The monoisotopic (exact) mass is 209 g/mol. The SMILES string of the molecule is CCCC1(CNC2=NCCN2C)CCC1. The first-order chi connectivity index (χ1) is 7.26. The maximum absolute atomic E-state index is 4.47. The van der Waals surface area contributed by atoms with Gasteiger partial charge in [-0.15, -0.1) is 0 Å². The lowest BCUT2D eigenvalue weighted by Crippen LogP contribution is -2.45. The average molecular weight is 209 g/mol. The number of nitrogens with zero attached hydrogens (tertiary/aromatic N) is 2. The molecular formula is C12H23N3. The highest BCUT2D eigenvalue weighted by Gasteiger charge is 2.36. The molecule has 1 heterocycles. The van der Waals surface area contributed by atoms with Crippen LogP contribution in [0.15, 0.2) is 4.99 Å². The van der Waals surface area contributed by atoms with Crippen LogP contribution in [0.2, 0.25) is 0 Å². The molecule has 1 saturated carbocycles. The molecule has 1 N–H and O–H groups in total. The fraction of sp³-hybridized carbons (Fsp3) is 0.917. The molecule has 3 heteroatoms. The molecule has 0 aromatic heterocycles. The van der Waals surface area contributed by atoms with E-state index in [1.807, 2.05) is 0 Å². The fourth-order valence-corrected chi connectivity index (χ4v) is 2.71. The number of likely N-dealkylation sites (N-methyl/N-ethyl adjacent to an activating group) is 1. The van der Waals surface area contributed by atoms with Crippen molar-refractivity contribution in [2.45, 2.75) is 39.0 Å². The Balaban J connectivity index is 1.81. The summed E-state index contributed by atoms with van der Waals surface area (Å²) in [6, 6.07) is 0. The summed E-state index contributed by atoms with van der Waals surface area (Å²) in [4.78, 5) is 6.69. The van der Waals surface area contributed by atoms with E-state index in [1.54, 1.807) is 0 Å². The Morgan fingerprint density at radius 2 is 2.27 bits per heavy atom. The van der Waals surface area contributed by atoms with E-state index in [9.17, 15) is 0 Å². The van der Waals surface area contributed by atoms with Crippen molar-refractivity contribution in [1.29, 1.82) is 0 Å². The summed E-state index contributed by atoms with van der Waals surface area (Å²) in [6.45, 7) is 5.45. The van der Waals surface area contributed by atoms with Crippen molar-refractivity contribution in [3.63, 3.8) is 0 Å². The van der Waals surface area contributed by atoms with Crippen molar-refractivity contribution < 1.29 is 0 Å². The lowest BCUT2D eigenvalue weighted by molar-refractivity contribution is 0.122. The van der Waals surface area contributed by atoms with E-state index >= 15 is 0 Å². The van der Waals surface area contributed by atoms with Gasteiger partial charge in [0.25, 0.3) is 0 Å². The molecule has 0 radical (unpaired) electrons. The van der Waals surface area contributed by atoms with Crippen molar-refractivity contribution in [2.75, 3.05) is 26.7 Å². The van der Waals surface area contributed by atoms with Gasteiger partial charge in [-0.25, -0.2) is 0 Å². The maximum Gasteiger partial charge on any atom is 0.193 e. The molecule has 3 nitrogen and oxygen atoms in total. The van der Waals surface area contributed by atoms with E-state index in [0.29, 0.717) is 5.41 Å². The minimum atomic E-state index is 0.598. The normalized spacial score (nSPS) is 23.6. The van der Waals surface area contributed by atoms with Crippen molar-refractivity contribution in [1.82, 2.24) is 10.2 Å². The van der Waals surface area contributed by atoms with E-state index < -0.39 is 0 Å². The molecule has 0 spiro atoms. The summed E-state index contributed by atoms with van der Waals surface area (Å²) in [5.74, 6) is 1.11. The Hall–Kier alpha value is -0.730. The number of rotatable bonds is 4. The second-order valence-electron chi connectivity index (χ2n) is 5.08. The highest BCUT2D eigenvalue weighted by molar-refractivity contribution is 5.81. The lowest BCUT2D eigenvalue weighted by atomic mass is 9.66. The van der Waals surface area contributed by atoms with Crippen LogP contribution in [0.3, 0.4) is 0 Å². The van der Waals surface area contributed by atoms with E-state index in [4.69, 9.17) is 0 Å². The molecule has 0 saturated heterocycles. The Bertz CT molecular complexity index is 243. The van der Waals surface area contributed by atoms with Crippen LogP contribution in [0.25, 0.3) is 0 Å². The number of aliphatic imine (C=N–C) groups is 1. The van der Waals surface area contributed by atoms with Crippen LogP contribution >= 0.6 is 0 Å². The molecule has 2 rings (SSSR count). The van der Waals surface area contributed by atoms with Gasteiger partial charge >= 0.3 is 0 Å². The first-order valence-corrected chi connectivity index (χ1v) is 6.25. The van der Waals surface area contributed by atoms with Gasteiger partial charge in [0.15, 0.2) is 5.96 Å². The van der Waals surface area contributed by atoms with Gasteiger partial charge in [-0.1, -0.05) is 19.8 Å². The van der Waals surface area contributed by atoms with Crippen molar-refractivity contribution in [3.05, 3.63) is 0 Å². The zero-order valence-electron chi connectivity index (χ0n) is 10.1. The van der Waals surface area contributed by atoms with Crippen LogP contribution in [0.1, 0.15) is 39.0 Å². The lowest BCUT2D eigenvalue weighted by Gasteiger charge is -2.42. The maximum atomic E-state index is 4.47. The van der Waals surface area contributed by atoms with Gasteiger partial charge in [0.05, 0.1) is 6.54 Å². The zero-order chi connectivity index (χ0) is 10.7. The van der Waals surface area contributed by atoms with Gasteiger partial charge in [0.1, 0.15) is 0 Å². The summed E-state index contributed by atoms with van der Waals surface area (Å²) < 4.78 is 0. The third kappa shape index (κ3) is 2.27. The molecule has 1 aliphatic carbocycles. The van der Waals surface area contributed by atoms with Crippen LogP contribution in [-0.4, -0.2) is 37.5 Å². The largest absolute Gasteiger partial charge is 0.356 e. The van der Waals surface area contributed by atoms with E-state index in [0.717, 1.165) is 25.6 Å². The highest BCUT2D eigenvalue weighted by Crippen LogP contribution is 2.44. The molecule has 15 heavy (non-hydrogen) atoms. The third-order valence-electron chi connectivity index (χ3n) is 3.87. The van der Waals surface area contributed by atoms with Crippen LogP contribution < -0.4 is 5.32 Å². The second-order valence-corrected chi connectivity index (χ2v) is 5.08. The number of nitrogens with one attached hydrogen (secondary N) is 1. The molecule has 2 aliphatic rings. The number of hydrogen-bond acceptors (Lipinski definition) is 3. The van der Waals surface area contributed by atoms with Crippen molar-refractivity contribution in [2.24, 2.45) is 10.4 Å². The van der Waals surface area contributed by atoms with Gasteiger partial charge < -0.3 is 10.2 Å². The summed E-state index contributed by atoms with van der Waals surface area (Å²) in [6.07, 6.45) is 6.92. The quantitative estimate of drug-likeness (QED) is 0.765. The molecule has 0 atom stereocenters. The van der Waals surface area contributed by atoms with E-state index in [2.05, 4.69) is 29.2 Å². The van der Waals surface area contributed by atoms with Crippen molar-refractivity contribution in [3.8, 4) is 0 Å². The molecule has 1 aliphatic heterocycles.